The van der Waals surface area contributed by atoms with Crippen molar-refractivity contribution in [3.05, 3.63) is 54.2 Å². The molecule has 0 saturated carbocycles. The number of aryl methyl sites for hydroxylation is 3. The molecule has 1 aromatic carbocycles. The van der Waals surface area contributed by atoms with Crippen molar-refractivity contribution in [1.82, 2.24) is 25.2 Å². The van der Waals surface area contributed by atoms with Gasteiger partial charge in [0.2, 0.25) is 17.6 Å². The number of rotatable bonds is 9. The molecule has 0 aliphatic rings. The number of carbonyl (C=O) groups excluding carboxylic acids is 1. The molecule has 1 N–H and O–H groups in total. The Morgan fingerprint density at radius 2 is 2.15 bits per heavy atom. The molecule has 7 heteroatoms. The van der Waals surface area contributed by atoms with Crippen LogP contribution in [0, 0.1) is 6.92 Å². The molecule has 142 valence electrons. The first-order valence-electron chi connectivity index (χ1n) is 9.27. The Kier molecular flexibility index (Phi) is 6.35. The van der Waals surface area contributed by atoms with Gasteiger partial charge in [-0.1, -0.05) is 29.4 Å². The lowest BCUT2D eigenvalue weighted by molar-refractivity contribution is -0.121. The lowest BCUT2D eigenvalue weighted by atomic mass is 10.1. The van der Waals surface area contributed by atoms with Crippen LogP contribution in [0.15, 0.2) is 47.2 Å². The van der Waals surface area contributed by atoms with Crippen LogP contribution in [-0.4, -0.2) is 31.9 Å². The van der Waals surface area contributed by atoms with Gasteiger partial charge < -0.3 is 9.84 Å². The molecule has 1 atom stereocenters. The zero-order chi connectivity index (χ0) is 19.1. The average Bonchev–Trinajstić information content (AvgIpc) is 3.32. The number of amides is 1. The van der Waals surface area contributed by atoms with E-state index < -0.39 is 0 Å². The summed E-state index contributed by atoms with van der Waals surface area (Å²) in [6.07, 6.45) is 6.22. The second-order valence-electron chi connectivity index (χ2n) is 6.71. The average molecular weight is 367 g/mol. The van der Waals surface area contributed by atoms with Crippen molar-refractivity contribution in [3.63, 3.8) is 0 Å². The number of nitrogens with zero attached hydrogens (tertiary/aromatic N) is 4. The third-order valence-corrected chi connectivity index (χ3v) is 4.41. The van der Waals surface area contributed by atoms with Crippen LogP contribution >= 0.6 is 0 Å². The first kappa shape index (κ1) is 18.8. The number of benzene rings is 1. The standard InChI is InChI=1S/C20H25N5O2/c1-15-7-3-4-8-17(15)20-23-19(27-24-20)10-5-9-18(26)22-16(2)11-14-25-13-6-12-21-25/h3-4,6-8,12-13,16H,5,9-11,14H2,1-2H3,(H,22,26)/t16-/m0/s1. The number of hydrogen-bond donors (Lipinski definition) is 1. The molecule has 0 fully saturated rings. The maximum Gasteiger partial charge on any atom is 0.226 e. The van der Waals surface area contributed by atoms with Gasteiger partial charge in [-0.05, 0) is 38.3 Å². The van der Waals surface area contributed by atoms with Gasteiger partial charge in [0.25, 0.3) is 0 Å². The van der Waals surface area contributed by atoms with E-state index in [-0.39, 0.29) is 11.9 Å². The molecule has 3 rings (SSSR count). The number of carbonyl (C=O) groups is 1. The minimum atomic E-state index is 0.0432. The van der Waals surface area contributed by atoms with Crippen LogP contribution in [0.5, 0.6) is 0 Å². The SMILES string of the molecule is Cc1ccccc1-c1noc(CCCC(=O)N[C@@H](C)CCn2cccn2)n1. The van der Waals surface area contributed by atoms with Crippen LogP contribution in [0.1, 0.15) is 37.6 Å². The van der Waals surface area contributed by atoms with Gasteiger partial charge >= 0.3 is 0 Å². The Morgan fingerprint density at radius 3 is 2.93 bits per heavy atom. The summed E-state index contributed by atoms with van der Waals surface area (Å²) in [7, 11) is 0. The third kappa shape index (κ3) is 5.51. The number of hydrogen-bond acceptors (Lipinski definition) is 5. The molecule has 1 amide bonds. The molecule has 0 bridgehead atoms. The number of aromatic nitrogens is 4. The summed E-state index contributed by atoms with van der Waals surface area (Å²) in [6, 6.07) is 9.93. The first-order chi connectivity index (χ1) is 13.1. The molecular formula is C20H25N5O2. The molecule has 0 aliphatic heterocycles. The first-order valence-corrected chi connectivity index (χ1v) is 9.27. The summed E-state index contributed by atoms with van der Waals surface area (Å²) in [4.78, 5) is 16.5. The quantitative estimate of drug-likeness (QED) is 0.628. The van der Waals surface area contributed by atoms with Gasteiger partial charge in [-0.15, -0.1) is 0 Å². The second kappa shape index (κ2) is 9.12. The van der Waals surface area contributed by atoms with Gasteiger partial charge in [0.15, 0.2) is 0 Å². The van der Waals surface area contributed by atoms with E-state index in [0.717, 1.165) is 24.1 Å². The van der Waals surface area contributed by atoms with Gasteiger partial charge in [0, 0.05) is 43.4 Å². The summed E-state index contributed by atoms with van der Waals surface area (Å²) >= 11 is 0. The third-order valence-electron chi connectivity index (χ3n) is 4.41. The van der Waals surface area contributed by atoms with Crippen molar-refractivity contribution in [2.75, 3.05) is 0 Å². The highest BCUT2D eigenvalue weighted by Crippen LogP contribution is 2.20. The van der Waals surface area contributed by atoms with Crippen molar-refractivity contribution in [3.8, 4) is 11.4 Å². The lowest BCUT2D eigenvalue weighted by Gasteiger charge is -2.13. The molecular weight excluding hydrogens is 342 g/mol. The van der Waals surface area contributed by atoms with Crippen molar-refractivity contribution in [2.24, 2.45) is 0 Å². The van der Waals surface area contributed by atoms with E-state index in [9.17, 15) is 4.79 Å². The zero-order valence-corrected chi connectivity index (χ0v) is 15.8. The normalized spacial score (nSPS) is 12.1. The van der Waals surface area contributed by atoms with E-state index in [2.05, 4.69) is 20.6 Å². The Morgan fingerprint density at radius 1 is 1.30 bits per heavy atom. The fourth-order valence-electron chi connectivity index (χ4n) is 2.87. The van der Waals surface area contributed by atoms with Crippen molar-refractivity contribution in [1.29, 1.82) is 0 Å². The second-order valence-corrected chi connectivity index (χ2v) is 6.71. The maximum absolute atomic E-state index is 12.1. The van der Waals surface area contributed by atoms with Gasteiger partial charge in [-0.2, -0.15) is 10.1 Å². The van der Waals surface area contributed by atoms with Crippen molar-refractivity contribution < 1.29 is 9.32 Å². The summed E-state index contributed by atoms with van der Waals surface area (Å²) < 4.78 is 7.18. The monoisotopic (exact) mass is 367 g/mol. The minimum absolute atomic E-state index is 0.0432. The molecule has 27 heavy (non-hydrogen) atoms. The molecule has 0 saturated heterocycles. The Bertz CT molecular complexity index is 857. The van der Waals surface area contributed by atoms with E-state index in [1.165, 1.54) is 0 Å². The van der Waals surface area contributed by atoms with E-state index in [4.69, 9.17) is 4.52 Å². The predicted octanol–water partition coefficient (Wildman–Crippen LogP) is 3.16. The minimum Gasteiger partial charge on any atom is -0.354 e. The van der Waals surface area contributed by atoms with E-state index in [1.807, 2.05) is 55.1 Å². The zero-order valence-electron chi connectivity index (χ0n) is 15.8. The summed E-state index contributed by atoms with van der Waals surface area (Å²) in [5.41, 5.74) is 2.07. The highest BCUT2D eigenvalue weighted by Gasteiger charge is 2.12. The molecule has 0 spiro atoms. The maximum atomic E-state index is 12.1. The molecule has 0 unspecified atom stereocenters. The van der Waals surface area contributed by atoms with E-state index in [1.54, 1.807) is 6.20 Å². The fourth-order valence-corrected chi connectivity index (χ4v) is 2.87. The van der Waals surface area contributed by atoms with Crippen LogP contribution < -0.4 is 5.32 Å². The van der Waals surface area contributed by atoms with Gasteiger partial charge in [0.1, 0.15) is 0 Å². The van der Waals surface area contributed by atoms with Crippen LogP contribution in [0.25, 0.3) is 11.4 Å². The predicted molar refractivity (Wildman–Crippen MR) is 102 cm³/mol. The topological polar surface area (TPSA) is 85.8 Å². The van der Waals surface area contributed by atoms with E-state index >= 15 is 0 Å². The molecule has 3 aromatic rings. The summed E-state index contributed by atoms with van der Waals surface area (Å²) in [6.45, 7) is 4.81. The van der Waals surface area contributed by atoms with Crippen LogP contribution in [0.2, 0.25) is 0 Å². The van der Waals surface area contributed by atoms with Gasteiger partial charge in [0.05, 0.1) is 0 Å². The molecule has 0 aliphatic carbocycles. The Hall–Kier alpha value is -2.96. The van der Waals surface area contributed by atoms with Gasteiger partial charge in [-0.3, -0.25) is 9.48 Å². The number of nitrogens with one attached hydrogen (secondary N) is 1. The molecule has 2 heterocycles. The van der Waals surface area contributed by atoms with Gasteiger partial charge in [-0.25, -0.2) is 0 Å². The lowest BCUT2D eigenvalue weighted by Crippen LogP contribution is -2.33. The molecule has 2 aromatic heterocycles. The Balaban J connectivity index is 1.39. The Labute approximate surface area is 158 Å². The highest BCUT2D eigenvalue weighted by molar-refractivity contribution is 5.76. The van der Waals surface area contributed by atoms with Crippen molar-refractivity contribution >= 4 is 5.91 Å². The fraction of sp³-hybridized carbons (Fsp3) is 0.400. The molecule has 0 radical (unpaired) electrons. The highest BCUT2D eigenvalue weighted by atomic mass is 16.5. The summed E-state index contributed by atoms with van der Waals surface area (Å²) in [5, 5.41) is 11.2. The largest absolute Gasteiger partial charge is 0.354 e. The van der Waals surface area contributed by atoms with Crippen LogP contribution in [0.3, 0.4) is 0 Å². The smallest absolute Gasteiger partial charge is 0.226 e. The van der Waals surface area contributed by atoms with Crippen LogP contribution in [-0.2, 0) is 17.8 Å². The summed E-state index contributed by atoms with van der Waals surface area (Å²) in [5.74, 6) is 1.20. The van der Waals surface area contributed by atoms with Crippen molar-refractivity contribution in [2.45, 2.75) is 52.1 Å². The van der Waals surface area contributed by atoms with Crippen LogP contribution in [0.4, 0.5) is 0 Å². The van der Waals surface area contributed by atoms with E-state index in [0.29, 0.717) is 31.0 Å². The molecule has 7 nitrogen and oxygen atoms in total.